The van der Waals surface area contributed by atoms with Gasteiger partial charge in [-0.1, -0.05) is 18.3 Å². The smallest absolute Gasteiger partial charge is 0.260 e. The fourth-order valence-corrected chi connectivity index (χ4v) is 2.00. The van der Waals surface area contributed by atoms with E-state index in [2.05, 4.69) is 32.6 Å². The van der Waals surface area contributed by atoms with E-state index in [9.17, 15) is 4.79 Å². The number of hydrogen-bond acceptors (Lipinski definition) is 5. The largest absolute Gasteiger partial charge is 0.296 e. The Hall–Kier alpha value is -1.76. The second-order valence-electron chi connectivity index (χ2n) is 3.19. The van der Waals surface area contributed by atoms with Gasteiger partial charge in [-0.3, -0.25) is 15.2 Å². The Bertz CT molecular complexity index is 464. The maximum atomic E-state index is 11.6. The van der Waals surface area contributed by atoms with E-state index in [-0.39, 0.29) is 5.91 Å². The molecule has 7 heteroatoms. The van der Waals surface area contributed by atoms with E-state index in [0.717, 1.165) is 17.8 Å². The van der Waals surface area contributed by atoms with Gasteiger partial charge in [0.15, 0.2) is 0 Å². The van der Waals surface area contributed by atoms with E-state index in [4.69, 9.17) is 0 Å². The minimum atomic E-state index is -0.229. The van der Waals surface area contributed by atoms with Crippen LogP contribution in [0.3, 0.4) is 0 Å². The third kappa shape index (κ3) is 2.43. The quantitative estimate of drug-likeness (QED) is 0.843. The van der Waals surface area contributed by atoms with Crippen LogP contribution in [-0.4, -0.2) is 26.3 Å². The van der Waals surface area contributed by atoms with E-state index >= 15 is 0 Å². The molecule has 0 unspecified atom stereocenters. The first-order valence-corrected chi connectivity index (χ1v) is 5.73. The third-order valence-electron chi connectivity index (χ3n) is 1.91. The molecule has 0 aliphatic carbocycles. The molecule has 0 radical (unpaired) electrons. The van der Waals surface area contributed by atoms with Crippen LogP contribution < -0.4 is 5.32 Å². The van der Waals surface area contributed by atoms with Crippen LogP contribution in [0.4, 0.5) is 5.13 Å². The average Bonchev–Trinajstić information content (AvgIpc) is 2.89. The Morgan fingerprint density at radius 2 is 2.44 bits per heavy atom. The fraction of sp³-hybridized carbons (Fsp3) is 0.333. The number of aromatic amines is 1. The molecule has 0 spiro atoms. The van der Waals surface area contributed by atoms with Gasteiger partial charge < -0.3 is 0 Å². The standard InChI is InChI=1S/C9H11N5OS/c1-2-3-7-13-14-9(16-7)12-8(15)6-4-10-11-5-6/h4-5H,2-3H2,1H3,(H,10,11)(H,12,14,15). The molecule has 2 N–H and O–H groups in total. The summed E-state index contributed by atoms with van der Waals surface area (Å²) >= 11 is 1.40. The van der Waals surface area contributed by atoms with Crippen molar-refractivity contribution in [2.75, 3.05) is 5.32 Å². The van der Waals surface area contributed by atoms with Gasteiger partial charge in [0.05, 0.1) is 11.8 Å². The van der Waals surface area contributed by atoms with Crippen LogP contribution in [0.5, 0.6) is 0 Å². The van der Waals surface area contributed by atoms with Crippen molar-refractivity contribution < 1.29 is 4.79 Å². The molecule has 0 aliphatic heterocycles. The number of rotatable bonds is 4. The topological polar surface area (TPSA) is 83.6 Å². The van der Waals surface area contributed by atoms with Gasteiger partial charge in [-0.15, -0.1) is 10.2 Å². The molecule has 2 aromatic rings. The van der Waals surface area contributed by atoms with Crippen molar-refractivity contribution in [3.63, 3.8) is 0 Å². The van der Waals surface area contributed by atoms with Crippen LogP contribution >= 0.6 is 11.3 Å². The van der Waals surface area contributed by atoms with Crippen molar-refractivity contribution in [2.24, 2.45) is 0 Å². The maximum absolute atomic E-state index is 11.6. The first-order chi connectivity index (χ1) is 7.79. The summed E-state index contributed by atoms with van der Waals surface area (Å²) in [6.45, 7) is 2.07. The van der Waals surface area contributed by atoms with Crippen LogP contribution in [-0.2, 0) is 6.42 Å². The van der Waals surface area contributed by atoms with E-state index < -0.39 is 0 Å². The van der Waals surface area contributed by atoms with Crippen molar-refractivity contribution in [3.8, 4) is 0 Å². The molecule has 0 aliphatic rings. The van der Waals surface area contributed by atoms with Crippen LogP contribution in [0.15, 0.2) is 12.4 Å². The first-order valence-electron chi connectivity index (χ1n) is 4.92. The van der Waals surface area contributed by atoms with Gasteiger partial charge in [-0.2, -0.15) is 5.10 Å². The highest BCUT2D eigenvalue weighted by atomic mass is 32.1. The summed E-state index contributed by atoms with van der Waals surface area (Å²) in [7, 11) is 0. The number of carbonyl (C=O) groups is 1. The van der Waals surface area contributed by atoms with Crippen molar-refractivity contribution in [1.82, 2.24) is 20.4 Å². The van der Waals surface area contributed by atoms with Crippen LogP contribution in [0, 0.1) is 0 Å². The van der Waals surface area contributed by atoms with E-state index in [1.54, 1.807) is 0 Å². The van der Waals surface area contributed by atoms with Gasteiger partial charge in [0.25, 0.3) is 5.91 Å². The lowest BCUT2D eigenvalue weighted by molar-refractivity contribution is 0.102. The van der Waals surface area contributed by atoms with E-state index in [1.165, 1.54) is 23.7 Å². The lowest BCUT2D eigenvalue weighted by atomic mass is 10.3. The van der Waals surface area contributed by atoms with Crippen LogP contribution in [0.25, 0.3) is 0 Å². The first kappa shape index (κ1) is 10.7. The number of aromatic nitrogens is 4. The summed E-state index contributed by atoms with van der Waals surface area (Å²) in [5.74, 6) is -0.229. The van der Waals surface area contributed by atoms with Crippen molar-refractivity contribution in [3.05, 3.63) is 23.0 Å². The Morgan fingerprint density at radius 3 is 3.12 bits per heavy atom. The number of carbonyl (C=O) groups excluding carboxylic acids is 1. The summed E-state index contributed by atoms with van der Waals surface area (Å²) < 4.78 is 0. The summed E-state index contributed by atoms with van der Waals surface area (Å²) in [6.07, 6.45) is 4.90. The normalized spacial score (nSPS) is 10.3. The predicted molar refractivity (Wildman–Crippen MR) is 60.4 cm³/mol. The Kier molecular flexibility index (Phi) is 3.25. The van der Waals surface area contributed by atoms with Crippen molar-refractivity contribution >= 4 is 22.4 Å². The van der Waals surface area contributed by atoms with Crippen LogP contribution in [0.1, 0.15) is 28.7 Å². The van der Waals surface area contributed by atoms with E-state index in [1.807, 2.05) is 0 Å². The van der Waals surface area contributed by atoms with Gasteiger partial charge >= 0.3 is 0 Å². The van der Waals surface area contributed by atoms with E-state index in [0.29, 0.717) is 10.7 Å². The molecular weight excluding hydrogens is 226 g/mol. The number of hydrogen-bond donors (Lipinski definition) is 2. The molecule has 2 heterocycles. The molecule has 2 aromatic heterocycles. The summed E-state index contributed by atoms with van der Waals surface area (Å²) in [4.78, 5) is 11.6. The molecule has 0 atom stereocenters. The molecule has 6 nitrogen and oxygen atoms in total. The number of amides is 1. The molecule has 0 saturated heterocycles. The SMILES string of the molecule is CCCc1nnc(NC(=O)c2cn[nH]c2)s1. The molecule has 0 saturated carbocycles. The zero-order valence-corrected chi connectivity index (χ0v) is 9.54. The molecular formula is C9H11N5OS. The molecule has 0 aromatic carbocycles. The number of H-pyrrole nitrogens is 1. The predicted octanol–water partition coefficient (Wildman–Crippen LogP) is 1.47. The molecule has 1 amide bonds. The second-order valence-corrected chi connectivity index (χ2v) is 4.25. The van der Waals surface area contributed by atoms with Gasteiger partial charge in [0.2, 0.25) is 5.13 Å². The number of aryl methyl sites for hydroxylation is 1. The maximum Gasteiger partial charge on any atom is 0.260 e. The number of anilines is 1. The van der Waals surface area contributed by atoms with Gasteiger partial charge in [-0.25, -0.2) is 0 Å². The highest BCUT2D eigenvalue weighted by Crippen LogP contribution is 2.17. The van der Waals surface area contributed by atoms with Gasteiger partial charge in [0, 0.05) is 12.6 Å². The zero-order chi connectivity index (χ0) is 11.4. The monoisotopic (exact) mass is 237 g/mol. The molecule has 0 fully saturated rings. The summed E-state index contributed by atoms with van der Waals surface area (Å²) in [5, 5.41) is 18.3. The Labute approximate surface area is 96.1 Å². The Balaban J connectivity index is 2.01. The third-order valence-corrected chi connectivity index (χ3v) is 2.81. The number of nitrogens with one attached hydrogen (secondary N) is 2. The van der Waals surface area contributed by atoms with Gasteiger partial charge in [-0.05, 0) is 6.42 Å². The molecule has 2 rings (SSSR count). The van der Waals surface area contributed by atoms with Crippen molar-refractivity contribution in [2.45, 2.75) is 19.8 Å². The van der Waals surface area contributed by atoms with Crippen LogP contribution in [0.2, 0.25) is 0 Å². The summed E-state index contributed by atoms with van der Waals surface area (Å²) in [6, 6.07) is 0. The average molecular weight is 237 g/mol. The molecule has 16 heavy (non-hydrogen) atoms. The molecule has 84 valence electrons. The lowest BCUT2D eigenvalue weighted by Crippen LogP contribution is -2.10. The zero-order valence-electron chi connectivity index (χ0n) is 8.73. The molecule has 0 bridgehead atoms. The minimum Gasteiger partial charge on any atom is -0.296 e. The lowest BCUT2D eigenvalue weighted by Gasteiger charge is -1.95. The fourth-order valence-electron chi connectivity index (χ4n) is 1.16. The Morgan fingerprint density at radius 1 is 1.56 bits per heavy atom. The second kappa shape index (κ2) is 4.84. The summed E-state index contributed by atoms with van der Waals surface area (Å²) in [5.41, 5.74) is 0.479. The van der Waals surface area contributed by atoms with Gasteiger partial charge in [0.1, 0.15) is 5.01 Å². The highest BCUT2D eigenvalue weighted by molar-refractivity contribution is 7.15. The minimum absolute atomic E-state index is 0.229. The number of nitrogens with zero attached hydrogens (tertiary/aromatic N) is 3. The highest BCUT2D eigenvalue weighted by Gasteiger charge is 2.10. The van der Waals surface area contributed by atoms with Crippen molar-refractivity contribution in [1.29, 1.82) is 0 Å².